The van der Waals surface area contributed by atoms with E-state index in [0.717, 1.165) is 41.5 Å². The number of fused-ring (bicyclic) bond motifs is 1. The zero-order chi connectivity index (χ0) is 14.7. The minimum absolute atomic E-state index is 0.185. The molecule has 0 saturated heterocycles. The van der Waals surface area contributed by atoms with Gasteiger partial charge in [-0.25, -0.2) is 0 Å². The van der Waals surface area contributed by atoms with Gasteiger partial charge in [0.15, 0.2) is 0 Å². The van der Waals surface area contributed by atoms with Crippen molar-refractivity contribution in [3.63, 3.8) is 0 Å². The molecule has 0 fully saturated rings. The van der Waals surface area contributed by atoms with Gasteiger partial charge >= 0.3 is 0 Å². The van der Waals surface area contributed by atoms with Gasteiger partial charge in [0, 0.05) is 30.9 Å². The Kier molecular flexibility index (Phi) is 4.15. The van der Waals surface area contributed by atoms with Crippen LogP contribution in [0.3, 0.4) is 0 Å². The maximum atomic E-state index is 12.4. The van der Waals surface area contributed by atoms with Crippen LogP contribution in [0.4, 0.5) is 5.82 Å². The van der Waals surface area contributed by atoms with Crippen molar-refractivity contribution in [3.8, 4) is 0 Å². The molecule has 3 heterocycles. The van der Waals surface area contributed by atoms with E-state index in [9.17, 15) is 4.79 Å². The summed E-state index contributed by atoms with van der Waals surface area (Å²) in [4.78, 5) is 15.4. The molecule has 2 aromatic rings. The van der Waals surface area contributed by atoms with E-state index in [1.54, 1.807) is 11.3 Å². The van der Waals surface area contributed by atoms with E-state index < -0.39 is 0 Å². The lowest BCUT2D eigenvalue weighted by atomic mass is 10.1. The summed E-state index contributed by atoms with van der Waals surface area (Å²) in [5.74, 6) is 0.966. The number of amides is 1. The van der Waals surface area contributed by atoms with E-state index >= 15 is 0 Å². The van der Waals surface area contributed by atoms with Crippen molar-refractivity contribution >= 4 is 23.1 Å². The number of carbonyl (C=O) groups is 1. The number of aromatic nitrogens is 2. The third kappa shape index (κ3) is 3.21. The van der Waals surface area contributed by atoms with Gasteiger partial charge in [-0.2, -0.15) is 5.10 Å². The standard InChI is InChI=1S/C15H18N4OS/c1-2-16-14-8-11-10-19(6-5-13(11)17-18-14)15(20)9-12-4-3-7-21-12/h3-4,7-8H,2,5-6,9-10H2,1H3,(H,16,18). The zero-order valence-electron chi connectivity index (χ0n) is 12.0. The summed E-state index contributed by atoms with van der Waals surface area (Å²) < 4.78 is 0. The summed E-state index contributed by atoms with van der Waals surface area (Å²) in [7, 11) is 0. The number of hydrogen-bond donors (Lipinski definition) is 1. The first-order valence-corrected chi connectivity index (χ1v) is 8.03. The third-order valence-corrected chi connectivity index (χ3v) is 4.43. The van der Waals surface area contributed by atoms with E-state index in [1.165, 1.54) is 0 Å². The Morgan fingerprint density at radius 1 is 1.48 bits per heavy atom. The molecule has 0 aliphatic carbocycles. The fourth-order valence-corrected chi connectivity index (χ4v) is 3.18. The molecule has 3 rings (SSSR count). The normalized spacial score (nSPS) is 13.9. The summed E-state index contributed by atoms with van der Waals surface area (Å²) in [6.45, 7) is 4.20. The Bertz CT molecular complexity index is 627. The SMILES string of the molecule is CCNc1cc2c(nn1)CCN(C(=O)Cc1cccs1)C2. The maximum absolute atomic E-state index is 12.4. The quantitative estimate of drug-likeness (QED) is 0.939. The van der Waals surface area contributed by atoms with Crippen LogP contribution in [0.25, 0.3) is 0 Å². The van der Waals surface area contributed by atoms with Crippen LogP contribution in [0, 0.1) is 0 Å². The predicted molar refractivity (Wildman–Crippen MR) is 83.3 cm³/mol. The lowest BCUT2D eigenvalue weighted by Crippen LogP contribution is -2.37. The second-order valence-electron chi connectivity index (χ2n) is 5.05. The van der Waals surface area contributed by atoms with Crippen LogP contribution in [0.5, 0.6) is 0 Å². The van der Waals surface area contributed by atoms with Gasteiger partial charge in [-0.3, -0.25) is 4.79 Å². The Balaban J connectivity index is 1.70. The molecule has 0 radical (unpaired) electrons. The van der Waals surface area contributed by atoms with E-state index in [4.69, 9.17) is 0 Å². The van der Waals surface area contributed by atoms with Gasteiger partial charge in [0.25, 0.3) is 0 Å². The van der Waals surface area contributed by atoms with Crippen molar-refractivity contribution < 1.29 is 4.79 Å². The van der Waals surface area contributed by atoms with Crippen molar-refractivity contribution in [2.24, 2.45) is 0 Å². The molecule has 1 aliphatic rings. The molecule has 5 nitrogen and oxygen atoms in total. The second-order valence-corrected chi connectivity index (χ2v) is 6.09. The van der Waals surface area contributed by atoms with Gasteiger partial charge in [-0.05, 0) is 30.0 Å². The molecule has 2 aromatic heterocycles. The molecule has 1 amide bonds. The Labute approximate surface area is 128 Å². The van der Waals surface area contributed by atoms with Crippen LogP contribution in [0.15, 0.2) is 23.6 Å². The number of hydrogen-bond acceptors (Lipinski definition) is 5. The summed E-state index contributed by atoms with van der Waals surface area (Å²) >= 11 is 1.63. The van der Waals surface area contributed by atoms with Gasteiger partial charge in [-0.15, -0.1) is 16.4 Å². The maximum Gasteiger partial charge on any atom is 0.228 e. The summed E-state index contributed by atoms with van der Waals surface area (Å²) in [5, 5.41) is 13.6. The Morgan fingerprint density at radius 3 is 3.14 bits per heavy atom. The van der Waals surface area contributed by atoms with E-state index in [1.807, 2.05) is 35.4 Å². The van der Waals surface area contributed by atoms with Crippen LogP contribution < -0.4 is 5.32 Å². The zero-order valence-corrected chi connectivity index (χ0v) is 12.8. The minimum atomic E-state index is 0.185. The van der Waals surface area contributed by atoms with Gasteiger partial charge in [0.2, 0.25) is 5.91 Å². The average Bonchev–Trinajstić information content (AvgIpc) is 3.00. The smallest absolute Gasteiger partial charge is 0.228 e. The second kappa shape index (κ2) is 6.22. The molecule has 0 aromatic carbocycles. The number of nitrogens with zero attached hydrogens (tertiary/aromatic N) is 3. The van der Waals surface area contributed by atoms with E-state index in [-0.39, 0.29) is 5.91 Å². The number of thiophene rings is 1. The molecule has 1 N–H and O–H groups in total. The van der Waals surface area contributed by atoms with Crippen LogP contribution in [-0.2, 0) is 24.2 Å². The average molecular weight is 302 g/mol. The first kappa shape index (κ1) is 14.0. The molecule has 0 saturated carbocycles. The lowest BCUT2D eigenvalue weighted by molar-refractivity contribution is -0.131. The minimum Gasteiger partial charge on any atom is -0.369 e. The van der Waals surface area contributed by atoms with Crippen LogP contribution >= 0.6 is 11.3 Å². The molecular weight excluding hydrogens is 284 g/mol. The molecule has 0 spiro atoms. The highest BCUT2D eigenvalue weighted by molar-refractivity contribution is 7.10. The highest BCUT2D eigenvalue weighted by Crippen LogP contribution is 2.20. The van der Waals surface area contributed by atoms with Crippen LogP contribution in [0.2, 0.25) is 0 Å². The summed E-state index contributed by atoms with van der Waals surface area (Å²) in [6.07, 6.45) is 1.27. The van der Waals surface area contributed by atoms with Crippen molar-refractivity contribution in [1.82, 2.24) is 15.1 Å². The van der Waals surface area contributed by atoms with Crippen molar-refractivity contribution in [3.05, 3.63) is 39.7 Å². The van der Waals surface area contributed by atoms with Gasteiger partial charge in [0.05, 0.1) is 12.1 Å². The highest BCUT2D eigenvalue weighted by atomic mass is 32.1. The molecule has 0 unspecified atom stereocenters. The van der Waals surface area contributed by atoms with Gasteiger partial charge in [-0.1, -0.05) is 6.07 Å². The van der Waals surface area contributed by atoms with E-state index in [2.05, 4.69) is 15.5 Å². The topological polar surface area (TPSA) is 58.1 Å². The fourth-order valence-electron chi connectivity index (χ4n) is 2.48. The highest BCUT2D eigenvalue weighted by Gasteiger charge is 2.22. The molecule has 6 heteroatoms. The Morgan fingerprint density at radius 2 is 2.38 bits per heavy atom. The molecule has 21 heavy (non-hydrogen) atoms. The third-order valence-electron chi connectivity index (χ3n) is 3.56. The molecule has 1 aliphatic heterocycles. The molecular formula is C15H18N4OS. The first-order chi connectivity index (χ1) is 10.3. The first-order valence-electron chi connectivity index (χ1n) is 7.15. The number of anilines is 1. The summed E-state index contributed by atoms with van der Waals surface area (Å²) in [5.41, 5.74) is 2.11. The van der Waals surface area contributed by atoms with Crippen molar-refractivity contribution in [2.45, 2.75) is 26.3 Å². The van der Waals surface area contributed by atoms with Crippen molar-refractivity contribution in [2.75, 3.05) is 18.4 Å². The van der Waals surface area contributed by atoms with Gasteiger partial charge in [0.1, 0.15) is 5.82 Å². The molecule has 110 valence electrons. The number of nitrogens with one attached hydrogen (secondary N) is 1. The lowest BCUT2D eigenvalue weighted by Gasteiger charge is -2.28. The fraction of sp³-hybridized carbons (Fsp3) is 0.400. The van der Waals surface area contributed by atoms with E-state index in [0.29, 0.717) is 13.0 Å². The predicted octanol–water partition coefficient (Wildman–Crippen LogP) is 2.10. The molecule has 0 bridgehead atoms. The van der Waals surface area contributed by atoms with Crippen LogP contribution in [-0.4, -0.2) is 34.1 Å². The van der Waals surface area contributed by atoms with Gasteiger partial charge < -0.3 is 10.2 Å². The Hall–Kier alpha value is -1.95. The summed E-state index contributed by atoms with van der Waals surface area (Å²) in [6, 6.07) is 6.00. The number of carbonyl (C=O) groups excluding carboxylic acids is 1. The monoisotopic (exact) mass is 302 g/mol. The number of rotatable bonds is 4. The largest absolute Gasteiger partial charge is 0.369 e. The van der Waals surface area contributed by atoms with Crippen LogP contribution in [0.1, 0.15) is 23.1 Å². The molecule has 0 atom stereocenters. The van der Waals surface area contributed by atoms with Crippen molar-refractivity contribution in [1.29, 1.82) is 0 Å².